The smallest absolute Gasteiger partial charge is 0.262 e. The largest absolute Gasteiger partial charge is 0.483 e. The third-order valence-corrected chi connectivity index (χ3v) is 3.45. The van der Waals surface area contributed by atoms with Gasteiger partial charge in [0.15, 0.2) is 6.61 Å². The monoisotopic (exact) mass is 360 g/mol. The highest BCUT2D eigenvalue weighted by Crippen LogP contribution is 2.18. The summed E-state index contributed by atoms with van der Waals surface area (Å²) in [4.78, 5) is 24.2. The van der Waals surface area contributed by atoms with Gasteiger partial charge in [0.25, 0.3) is 11.8 Å². The molecule has 2 amide bonds. The number of ether oxygens (including phenoxy) is 2. The summed E-state index contributed by atoms with van der Waals surface area (Å²) in [7, 11) is 1.59. The molecule has 2 aromatic rings. The molecule has 0 spiro atoms. The van der Waals surface area contributed by atoms with Crippen molar-refractivity contribution in [1.29, 1.82) is 0 Å². The lowest BCUT2D eigenvalue weighted by Crippen LogP contribution is -2.26. The van der Waals surface area contributed by atoms with Gasteiger partial charge in [-0.1, -0.05) is 24.3 Å². The molecule has 2 aromatic carbocycles. The lowest BCUT2D eigenvalue weighted by atomic mass is 10.2. The summed E-state index contributed by atoms with van der Waals surface area (Å²) < 4.78 is 23.9. The van der Waals surface area contributed by atoms with Gasteiger partial charge in [-0.2, -0.15) is 0 Å². The van der Waals surface area contributed by atoms with Gasteiger partial charge in [-0.25, -0.2) is 4.39 Å². The van der Waals surface area contributed by atoms with Gasteiger partial charge in [-0.15, -0.1) is 0 Å². The number of methoxy groups -OCH3 is 1. The SMILES string of the molecule is COCCCNC(=O)c1ccccc1OCC(=O)Nc1ccccc1F. The van der Waals surface area contributed by atoms with Crippen molar-refractivity contribution in [2.75, 3.05) is 32.2 Å². The molecule has 6 nitrogen and oxygen atoms in total. The predicted octanol–water partition coefficient (Wildman–Crippen LogP) is 2.61. The van der Waals surface area contributed by atoms with Gasteiger partial charge < -0.3 is 20.1 Å². The standard InChI is InChI=1S/C19H21FN2O4/c1-25-12-6-11-21-19(24)14-7-2-5-10-17(14)26-13-18(23)22-16-9-4-3-8-15(16)20/h2-5,7-10H,6,11-13H2,1H3,(H,21,24)(H,22,23). The quantitative estimate of drug-likeness (QED) is 0.674. The van der Waals surface area contributed by atoms with Gasteiger partial charge in [0.2, 0.25) is 0 Å². The molecule has 7 heteroatoms. The number of para-hydroxylation sites is 2. The first kappa shape index (κ1) is 19.4. The van der Waals surface area contributed by atoms with E-state index >= 15 is 0 Å². The van der Waals surface area contributed by atoms with Crippen LogP contribution in [0.3, 0.4) is 0 Å². The molecule has 0 aliphatic carbocycles. The Morgan fingerprint density at radius 2 is 1.81 bits per heavy atom. The van der Waals surface area contributed by atoms with Crippen LogP contribution in [0, 0.1) is 5.82 Å². The molecule has 0 fully saturated rings. The molecule has 0 aromatic heterocycles. The molecule has 0 heterocycles. The number of rotatable bonds is 9. The van der Waals surface area contributed by atoms with Crippen molar-refractivity contribution in [2.24, 2.45) is 0 Å². The van der Waals surface area contributed by atoms with Crippen LogP contribution < -0.4 is 15.4 Å². The lowest BCUT2D eigenvalue weighted by Gasteiger charge is -2.12. The second kappa shape index (κ2) is 10.1. The molecule has 0 aliphatic heterocycles. The summed E-state index contributed by atoms with van der Waals surface area (Å²) in [6.45, 7) is 0.672. The van der Waals surface area contributed by atoms with Crippen molar-refractivity contribution in [3.63, 3.8) is 0 Å². The molecule has 0 bridgehead atoms. The van der Waals surface area contributed by atoms with Crippen LogP contribution in [0.25, 0.3) is 0 Å². The first-order chi connectivity index (χ1) is 12.6. The van der Waals surface area contributed by atoms with E-state index in [2.05, 4.69) is 10.6 Å². The van der Waals surface area contributed by atoms with E-state index in [-0.39, 0.29) is 24.0 Å². The third kappa shape index (κ3) is 5.86. The van der Waals surface area contributed by atoms with Gasteiger partial charge >= 0.3 is 0 Å². The van der Waals surface area contributed by atoms with Crippen molar-refractivity contribution < 1.29 is 23.5 Å². The van der Waals surface area contributed by atoms with Gasteiger partial charge in [0, 0.05) is 20.3 Å². The third-order valence-electron chi connectivity index (χ3n) is 3.45. The van der Waals surface area contributed by atoms with Gasteiger partial charge in [-0.3, -0.25) is 9.59 Å². The normalized spacial score (nSPS) is 10.2. The van der Waals surface area contributed by atoms with E-state index in [9.17, 15) is 14.0 Å². The minimum absolute atomic E-state index is 0.0743. The fraction of sp³-hybridized carbons (Fsp3) is 0.263. The maximum absolute atomic E-state index is 13.5. The molecule has 0 aliphatic rings. The number of benzene rings is 2. The van der Waals surface area contributed by atoms with Crippen LogP contribution in [0.5, 0.6) is 5.75 Å². The van der Waals surface area contributed by atoms with E-state index in [0.717, 1.165) is 0 Å². The highest BCUT2D eigenvalue weighted by molar-refractivity contribution is 5.97. The Kier molecular flexibility index (Phi) is 7.57. The Bertz CT molecular complexity index is 752. The Labute approximate surface area is 151 Å². The Morgan fingerprint density at radius 1 is 1.08 bits per heavy atom. The summed E-state index contributed by atoms with van der Waals surface area (Å²) >= 11 is 0. The minimum atomic E-state index is -0.531. The van der Waals surface area contributed by atoms with E-state index in [4.69, 9.17) is 9.47 Å². The number of nitrogens with one attached hydrogen (secondary N) is 2. The van der Waals surface area contributed by atoms with Crippen molar-refractivity contribution in [1.82, 2.24) is 5.32 Å². The molecule has 0 unspecified atom stereocenters. The van der Waals surface area contributed by atoms with Crippen molar-refractivity contribution in [3.8, 4) is 5.75 Å². The van der Waals surface area contributed by atoms with Gasteiger partial charge in [0.05, 0.1) is 11.3 Å². The zero-order valence-corrected chi connectivity index (χ0v) is 14.5. The van der Waals surface area contributed by atoms with Crippen LogP contribution in [0.1, 0.15) is 16.8 Å². The van der Waals surface area contributed by atoms with Gasteiger partial charge in [-0.05, 0) is 30.7 Å². The summed E-state index contributed by atoms with van der Waals surface area (Å²) in [5.41, 5.74) is 0.397. The topological polar surface area (TPSA) is 76.7 Å². The van der Waals surface area contributed by atoms with Crippen molar-refractivity contribution in [3.05, 3.63) is 59.9 Å². The second-order valence-electron chi connectivity index (χ2n) is 5.42. The number of anilines is 1. The van der Waals surface area contributed by atoms with E-state index in [1.54, 1.807) is 37.4 Å². The number of halogens is 1. The number of amides is 2. The molecule has 2 N–H and O–H groups in total. The number of carbonyl (C=O) groups is 2. The maximum atomic E-state index is 13.5. The summed E-state index contributed by atoms with van der Waals surface area (Å²) in [6, 6.07) is 12.5. The molecule has 0 saturated heterocycles. The zero-order valence-electron chi connectivity index (χ0n) is 14.5. The van der Waals surface area contributed by atoms with E-state index < -0.39 is 11.7 Å². The molecule has 26 heavy (non-hydrogen) atoms. The lowest BCUT2D eigenvalue weighted by molar-refractivity contribution is -0.118. The van der Waals surface area contributed by atoms with Crippen LogP contribution in [0.4, 0.5) is 10.1 Å². The Morgan fingerprint density at radius 3 is 2.58 bits per heavy atom. The fourth-order valence-electron chi connectivity index (χ4n) is 2.19. The van der Waals surface area contributed by atoms with E-state index in [0.29, 0.717) is 25.1 Å². The van der Waals surface area contributed by atoms with Crippen LogP contribution >= 0.6 is 0 Å². The first-order valence-corrected chi connectivity index (χ1v) is 8.15. The second-order valence-corrected chi connectivity index (χ2v) is 5.42. The van der Waals surface area contributed by atoms with E-state index in [1.165, 1.54) is 18.2 Å². The summed E-state index contributed by atoms with van der Waals surface area (Å²) in [6.07, 6.45) is 0.691. The van der Waals surface area contributed by atoms with Crippen molar-refractivity contribution >= 4 is 17.5 Å². The maximum Gasteiger partial charge on any atom is 0.262 e. The first-order valence-electron chi connectivity index (χ1n) is 8.15. The van der Waals surface area contributed by atoms with Crippen molar-refractivity contribution in [2.45, 2.75) is 6.42 Å². The Balaban J connectivity index is 1.92. The molecule has 0 atom stereocenters. The molecular weight excluding hydrogens is 339 g/mol. The predicted molar refractivity (Wildman–Crippen MR) is 95.8 cm³/mol. The molecule has 138 valence electrons. The number of hydrogen-bond acceptors (Lipinski definition) is 4. The highest BCUT2D eigenvalue weighted by Gasteiger charge is 2.13. The Hall–Kier alpha value is -2.93. The van der Waals surface area contributed by atoms with Crippen LogP contribution in [-0.2, 0) is 9.53 Å². The zero-order chi connectivity index (χ0) is 18.8. The average molecular weight is 360 g/mol. The molecule has 2 rings (SSSR count). The van der Waals surface area contributed by atoms with Crippen LogP contribution in [0.2, 0.25) is 0 Å². The molecular formula is C19H21FN2O4. The summed E-state index contributed by atoms with van der Waals surface area (Å²) in [5.74, 6) is -1.08. The molecule has 0 radical (unpaired) electrons. The number of hydrogen-bond donors (Lipinski definition) is 2. The fourth-order valence-corrected chi connectivity index (χ4v) is 2.19. The average Bonchev–Trinajstić information content (AvgIpc) is 2.65. The van der Waals surface area contributed by atoms with Gasteiger partial charge in [0.1, 0.15) is 11.6 Å². The van der Waals surface area contributed by atoms with Crippen LogP contribution in [-0.4, -0.2) is 38.7 Å². The number of carbonyl (C=O) groups excluding carboxylic acids is 2. The van der Waals surface area contributed by atoms with Crippen LogP contribution in [0.15, 0.2) is 48.5 Å². The highest BCUT2D eigenvalue weighted by atomic mass is 19.1. The van der Waals surface area contributed by atoms with E-state index in [1.807, 2.05) is 0 Å². The minimum Gasteiger partial charge on any atom is -0.483 e. The summed E-state index contributed by atoms with van der Waals surface area (Å²) in [5, 5.41) is 5.18. The molecule has 0 saturated carbocycles.